The van der Waals surface area contributed by atoms with Crippen molar-refractivity contribution in [2.45, 2.75) is 19.9 Å². The molecule has 1 amide bonds. The van der Waals surface area contributed by atoms with E-state index in [2.05, 4.69) is 35.0 Å². The van der Waals surface area contributed by atoms with Crippen molar-refractivity contribution in [1.82, 2.24) is 14.8 Å². The fraction of sp³-hybridized carbons (Fsp3) is 0.348. The van der Waals surface area contributed by atoms with Crippen molar-refractivity contribution in [2.75, 3.05) is 33.3 Å². The number of fused-ring (bicyclic) bond motifs is 1. The van der Waals surface area contributed by atoms with E-state index in [9.17, 15) is 4.79 Å². The van der Waals surface area contributed by atoms with Crippen LogP contribution in [0.5, 0.6) is 5.75 Å². The predicted octanol–water partition coefficient (Wildman–Crippen LogP) is 3.37. The first-order valence-electron chi connectivity index (χ1n) is 9.82. The first-order chi connectivity index (χ1) is 13.6. The second kappa shape index (κ2) is 8.07. The van der Waals surface area contributed by atoms with Gasteiger partial charge in [-0.05, 0) is 35.7 Å². The van der Waals surface area contributed by atoms with Gasteiger partial charge in [0, 0.05) is 49.8 Å². The van der Waals surface area contributed by atoms with E-state index in [1.165, 1.54) is 5.56 Å². The minimum Gasteiger partial charge on any atom is -0.496 e. The Bertz CT molecular complexity index is 971. The Hall–Kier alpha value is -2.79. The van der Waals surface area contributed by atoms with Crippen LogP contribution in [0, 0.1) is 6.92 Å². The van der Waals surface area contributed by atoms with E-state index in [1.807, 2.05) is 35.4 Å². The number of para-hydroxylation sites is 1. The Morgan fingerprint density at radius 2 is 1.89 bits per heavy atom. The van der Waals surface area contributed by atoms with Crippen LogP contribution in [0.15, 0.2) is 48.7 Å². The molecule has 1 aromatic heterocycles. The number of aromatic amines is 1. The van der Waals surface area contributed by atoms with Gasteiger partial charge in [-0.25, -0.2) is 0 Å². The molecule has 0 radical (unpaired) electrons. The van der Waals surface area contributed by atoms with E-state index >= 15 is 0 Å². The van der Waals surface area contributed by atoms with E-state index in [4.69, 9.17) is 4.74 Å². The Labute approximate surface area is 165 Å². The minimum atomic E-state index is 0.213. The molecule has 1 aliphatic rings. The molecule has 3 aromatic rings. The Kier molecular flexibility index (Phi) is 5.35. The van der Waals surface area contributed by atoms with Gasteiger partial charge in [0.2, 0.25) is 5.91 Å². The largest absolute Gasteiger partial charge is 0.496 e. The third kappa shape index (κ3) is 3.90. The van der Waals surface area contributed by atoms with Crippen molar-refractivity contribution in [3.05, 3.63) is 65.4 Å². The lowest BCUT2D eigenvalue weighted by atomic mass is 10.1. The van der Waals surface area contributed by atoms with Gasteiger partial charge in [0.1, 0.15) is 5.75 Å². The number of methoxy groups -OCH3 is 1. The number of aryl methyl sites for hydroxylation is 1. The maximum absolute atomic E-state index is 12.8. The normalized spacial score (nSPS) is 15.1. The molecule has 5 nitrogen and oxygen atoms in total. The van der Waals surface area contributed by atoms with Crippen molar-refractivity contribution in [3.63, 3.8) is 0 Å². The van der Waals surface area contributed by atoms with Crippen LogP contribution in [-0.4, -0.2) is 54.0 Å². The van der Waals surface area contributed by atoms with Gasteiger partial charge in [0.05, 0.1) is 13.5 Å². The molecule has 0 bridgehead atoms. The molecule has 28 heavy (non-hydrogen) atoms. The van der Waals surface area contributed by atoms with Gasteiger partial charge < -0.3 is 14.6 Å². The number of benzene rings is 2. The molecular weight excluding hydrogens is 350 g/mol. The number of rotatable bonds is 5. The molecule has 0 unspecified atom stereocenters. The van der Waals surface area contributed by atoms with E-state index in [0.29, 0.717) is 6.42 Å². The van der Waals surface area contributed by atoms with Crippen LogP contribution in [0.3, 0.4) is 0 Å². The summed E-state index contributed by atoms with van der Waals surface area (Å²) in [6.45, 7) is 6.38. The number of ether oxygens (including phenoxy) is 1. The highest BCUT2D eigenvalue weighted by atomic mass is 16.5. The number of piperazine rings is 1. The SMILES string of the molecule is COc1ccc(CN2CCN(C(=O)Cc3c[nH]c4ccccc34)CC2)cc1C. The van der Waals surface area contributed by atoms with Gasteiger partial charge in [0.15, 0.2) is 0 Å². The molecule has 0 aliphatic carbocycles. The number of hydrogen-bond acceptors (Lipinski definition) is 3. The van der Waals surface area contributed by atoms with Gasteiger partial charge in [-0.1, -0.05) is 30.3 Å². The molecule has 4 rings (SSSR count). The number of nitrogens with one attached hydrogen (secondary N) is 1. The molecule has 1 fully saturated rings. The molecule has 0 saturated carbocycles. The lowest BCUT2D eigenvalue weighted by molar-refractivity contribution is -0.132. The van der Waals surface area contributed by atoms with Crippen LogP contribution in [-0.2, 0) is 17.8 Å². The zero-order chi connectivity index (χ0) is 19.5. The third-order valence-corrected chi connectivity index (χ3v) is 5.61. The van der Waals surface area contributed by atoms with Crippen LogP contribution in [0.2, 0.25) is 0 Å². The minimum absolute atomic E-state index is 0.213. The second-order valence-corrected chi connectivity index (χ2v) is 7.50. The van der Waals surface area contributed by atoms with Crippen molar-refractivity contribution >= 4 is 16.8 Å². The first kappa shape index (κ1) is 18.6. The number of nitrogens with zero attached hydrogens (tertiary/aromatic N) is 2. The Balaban J connectivity index is 1.32. The highest BCUT2D eigenvalue weighted by molar-refractivity contribution is 5.88. The molecule has 1 N–H and O–H groups in total. The van der Waals surface area contributed by atoms with Crippen LogP contribution >= 0.6 is 0 Å². The summed E-state index contributed by atoms with van der Waals surface area (Å²) < 4.78 is 5.34. The van der Waals surface area contributed by atoms with E-state index in [-0.39, 0.29) is 5.91 Å². The summed E-state index contributed by atoms with van der Waals surface area (Å²) in [4.78, 5) is 20.4. The number of H-pyrrole nitrogens is 1. The molecule has 5 heteroatoms. The lowest BCUT2D eigenvalue weighted by Crippen LogP contribution is -2.48. The van der Waals surface area contributed by atoms with Crippen LogP contribution in [0.25, 0.3) is 10.9 Å². The number of amides is 1. The van der Waals surface area contributed by atoms with Gasteiger partial charge in [-0.15, -0.1) is 0 Å². The van der Waals surface area contributed by atoms with Gasteiger partial charge in [-0.3, -0.25) is 9.69 Å². The standard InChI is InChI=1S/C23H27N3O2/c1-17-13-18(7-8-22(17)28-2)16-25-9-11-26(12-10-25)23(27)14-19-15-24-21-6-4-3-5-20(19)21/h3-8,13,15,24H,9-12,14,16H2,1-2H3. The fourth-order valence-corrected chi connectivity index (χ4v) is 4.01. The van der Waals surface area contributed by atoms with Gasteiger partial charge in [0.25, 0.3) is 0 Å². The van der Waals surface area contributed by atoms with Gasteiger partial charge >= 0.3 is 0 Å². The summed E-state index contributed by atoms with van der Waals surface area (Å²) >= 11 is 0. The number of carbonyl (C=O) groups is 1. The van der Waals surface area contributed by atoms with Crippen molar-refractivity contribution in [1.29, 1.82) is 0 Å². The monoisotopic (exact) mass is 377 g/mol. The average molecular weight is 377 g/mol. The zero-order valence-corrected chi connectivity index (χ0v) is 16.6. The number of aromatic nitrogens is 1. The lowest BCUT2D eigenvalue weighted by Gasteiger charge is -2.35. The number of carbonyl (C=O) groups excluding carboxylic acids is 1. The molecule has 2 aromatic carbocycles. The predicted molar refractivity (Wildman–Crippen MR) is 112 cm³/mol. The van der Waals surface area contributed by atoms with E-state index < -0.39 is 0 Å². The maximum Gasteiger partial charge on any atom is 0.227 e. The summed E-state index contributed by atoms with van der Waals surface area (Å²) in [5.74, 6) is 1.14. The highest BCUT2D eigenvalue weighted by Gasteiger charge is 2.22. The summed E-state index contributed by atoms with van der Waals surface area (Å²) in [5, 5.41) is 1.14. The number of hydrogen-bond donors (Lipinski definition) is 1. The zero-order valence-electron chi connectivity index (χ0n) is 16.6. The Morgan fingerprint density at radius 3 is 2.64 bits per heavy atom. The molecule has 2 heterocycles. The molecule has 0 atom stereocenters. The van der Waals surface area contributed by atoms with Crippen molar-refractivity contribution in [3.8, 4) is 5.75 Å². The molecular formula is C23H27N3O2. The molecule has 1 aliphatic heterocycles. The van der Waals surface area contributed by atoms with E-state index in [0.717, 1.165) is 60.5 Å². The topological polar surface area (TPSA) is 48.6 Å². The average Bonchev–Trinajstić information content (AvgIpc) is 3.12. The smallest absolute Gasteiger partial charge is 0.227 e. The maximum atomic E-state index is 12.8. The van der Waals surface area contributed by atoms with E-state index in [1.54, 1.807) is 7.11 Å². The molecule has 0 spiro atoms. The van der Waals surface area contributed by atoms with Gasteiger partial charge in [-0.2, -0.15) is 0 Å². The third-order valence-electron chi connectivity index (χ3n) is 5.61. The quantitative estimate of drug-likeness (QED) is 0.742. The highest BCUT2D eigenvalue weighted by Crippen LogP contribution is 2.21. The molecule has 146 valence electrons. The second-order valence-electron chi connectivity index (χ2n) is 7.50. The first-order valence-corrected chi connectivity index (χ1v) is 9.82. The Morgan fingerprint density at radius 1 is 1.11 bits per heavy atom. The van der Waals surface area contributed by atoms with Crippen molar-refractivity contribution in [2.24, 2.45) is 0 Å². The summed E-state index contributed by atoms with van der Waals surface area (Å²) in [7, 11) is 1.70. The summed E-state index contributed by atoms with van der Waals surface area (Å²) in [6.07, 6.45) is 2.42. The van der Waals surface area contributed by atoms with Crippen molar-refractivity contribution < 1.29 is 9.53 Å². The summed E-state index contributed by atoms with van der Waals surface area (Å²) in [5.41, 5.74) is 4.62. The molecule has 1 saturated heterocycles. The van der Waals surface area contributed by atoms with Crippen LogP contribution in [0.4, 0.5) is 0 Å². The fourth-order valence-electron chi connectivity index (χ4n) is 4.01. The van der Waals surface area contributed by atoms with Crippen LogP contribution in [0.1, 0.15) is 16.7 Å². The summed E-state index contributed by atoms with van der Waals surface area (Å²) in [6, 6.07) is 14.5. The van der Waals surface area contributed by atoms with Crippen LogP contribution < -0.4 is 4.74 Å².